The zero-order valence-electron chi connectivity index (χ0n) is 36.2. The maximum atomic E-state index is 14.5. The number of nitrogens with zero attached hydrogens (tertiary/aromatic N) is 1. The van der Waals surface area contributed by atoms with E-state index in [4.69, 9.17) is 18.9 Å². The third kappa shape index (κ3) is 8.50. The van der Waals surface area contributed by atoms with Crippen molar-refractivity contribution in [2.45, 2.75) is 85.6 Å². The molecule has 7 rings (SSSR count). The van der Waals surface area contributed by atoms with Gasteiger partial charge in [0.05, 0.1) is 52.5 Å². The monoisotopic (exact) mass is 850 g/mol. The van der Waals surface area contributed by atoms with Crippen molar-refractivity contribution in [1.29, 1.82) is 0 Å². The molecule has 62 heavy (non-hydrogen) atoms. The van der Waals surface area contributed by atoms with Gasteiger partial charge in [-0.15, -0.1) is 0 Å². The molecular weight excluding hydrogens is 797 g/mol. The molecule has 0 saturated heterocycles. The molecule has 3 aliphatic heterocycles. The summed E-state index contributed by atoms with van der Waals surface area (Å²) in [6.07, 6.45) is 4.74. The number of ketones is 1. The average molecular weight is 851 g/mol. The Balaban J connectivity index is 1.54. The first-order chi connectivity index (χ1) is 29.3. The SMILES string of the molecule is COC1/C=C\OC2(C)Oc3c(C)c(O)c4c(O)c(c(C=Nc5ccc6ccccc6c5)c(O)c4c3C2=O)NC(=O)/C(C)=C\C=C/C(C)C(O)C(C)C(O)C(C)C(OC(C)=O)C1C. The first kappa shape index (κ1) is 45.3. The van der Waals surface area contributed by atoms with Crippen LogP contribution in [0.25, 0.3) is 21.5 Å². The molecule has 328 valence electrons. The Labute approximate surface area is 359 Å². The summed E-state index contributed by atoms with van der Waals surface area (Å²) in [4.78, 5) is 45.3. The highest BCUT2D eigenvalue weighted by Crippen LogP contribution is 2.55. The number of phenols is 3. The van der Waals surface area contributed by atoms with Gasteiger partial charge < -0.3 is 49.8 Å². The number of Topliss-reactive ketones (excluding diaryl/α,β-unsaturated/α-hetero) is 1. The number of aliphatic imine (C=N–C) groups is 1. The maximum Gasteiger partial charge on any atom is 0.312 e. The number of rotatable bonds is 4. The summed E-state index contributed by atoms with van der Waals surface area (Å²) in [6.45, 7) is 12.5. The zero-order chi connectivity index (χ0) is 45.4. The number of aliphatic hydroxyl groups excluding tert-OH is 2. The molecule has 0 aliphatic carbocycles. The van der Waals surface area contributed by atoms with Crippen LogP contribution in [0.5, 0.6) is 23.0 Å². The van der Waals surface area contributed by atoms with Crippen molar-refractivity contribution in [2.24, 2.45) is 28.7 Å². The minimum Gasteiger partial charge on any atom is -0.507 e. The molecule has 0 spiro atoms. The van der Waals surface area contributed by atoms with Gasteiger partial charge in [-0.1, -0.05) is 76.3 Å². The second kappa shape index (κ2) is 18.0. The number of hydrogen-bond donors (Lipinski definition) is 6. The standard InChI is InChI=1S/C48H54N2O12/c1-23-13-12-14-24(2)47(58)50-38-33(22-49-32-18-17-30-15-10-11-16-31(30)21-32)42(55)35-36(43(38)56)41(54)28(6)45-37(35)46(57)48(8,62-45)60-20-19-34(59-9)25(3)44(61-29(7)51)27(5)40(53)26(4)39(23)52/h10-23,25-27,34,39-40,44,52-56H,1-9H3,(H,50,58)/b13-12-,20-19-,24-14-,49-22?. The Morgan fingerprint density at radius 2 is 1.58 bits per heavy atom. The average Bonchev–Trinajstić information content (AvgIpc) is 3.51. The van der Waals surface area contributed by atoms with Gasteiger partial charge in [-0.2, -0.15) is 0 Å². The topological polar surface area (TPSA) is 214 Å². The minimum absolute atomic E-state index is 0.0409. The van der Waals surface area contributed by atoms with Crippen LogP contribution < -0.4 is 10.1 Å². The number of benzene rings is 4. The van der Waals surface area contributed by atoms with Gasteiger partial charge in [-0.3, -0.25) is 19.4 Å². The predicted molar refractivity (Wildman–Crippen MR) is 235 cm³/mol. The van der Waals surface area contributed by atoms with Crippen LogP contribution in [0.4, 0.5) is 11.4 Å². The van der Waals surface area contributed by atoms with Crippen molar-refractivity contribution < 1.29 is 58.9 Å². The number of fused-ring (bicyclic) bond motifs is 15. The van der Waals surface area contributed by atoms with Crippen molar-refractivity contribution in [2.75, 3.05) is 12.4 Å². The molecule has 3 heterocycles. The highest BCUT2D eigenvalue weighted by Gasteiger charge is 2.50. The Morgan fingerprint density at radius 1 is 0.887 bits per heavy atom. The van der Waals surface area contributed by atoms with Gasteiger partial charge in [-0.05, 0) is 42.8 Å². The van der Waals surface area contributed by atoms with E-state index in [0.29, 0.717) is 5.69 Å². The van der Waals surface area contributed by atoms with Gasteiger partial charge in [0.25, 0.3) is 11.7 Å². The van der Waals surface area contributed by atoms with E-state index in [0.717, 1.165) is 10.8 Å². The lowest BCUT2D eigenvalue weighted by Crippen LogP contribution is -2.46. The van der Waals surface area contributed by atoms with Crippen LogP contribution in [0.3, 0.4) is 0 Å². The van der Waals surface area contributed by atoms with Crippen LogP contribution in [0.15, 0.2) is 83.6 Å². The number of ether oxygens (including phenoxy) is 4. The van der Waals surface area contributed by atoms with E-state index < -0.39 is 88.8 Å². The first-order valence-corrected chi connectivity index (χ1v) is 20.4. The number of allylic oxidation sites excluding steroid dienone is 2. The number of aliphatic hydroxyl groups is 2. The summed E-state index contributed by atoms with van der Waals surface area (Å²) >= 11 is 0. The van der Waals surface area contributed by atoms with Gasteiger partial charge in [0.2, 0.25) is 0 Å². The lowest BCUT2D eigenvalue weighted by molar-refractivity contribution is -0.160. The van der Waals surface area contributed by atoms with Crippen molar-refractivity contribution in [3.63, 3.8) is 0 Å². The number of hydrogen-bond acceptors (Lipinski definition) is 13. The number of esters is 1. The lowest BCUT2D eigenvalue weighted by atomic mass is 9.78. The van der Waals surface area contributed by atoms with Crippen molar-refractivity contribution in [1.82, 2.24) is 0 Å². The summed E-state index contributed by atoms with van der Waals surface area (Å²) in [5.74, 6) is -8.55. The normalized spacial score (nSPS) is 29.2. The highest BCUT2D eigenvalue weighted by atomic mass is 16.7. The number of phenolic OH excluding ortho intramolecular Hbond substituents is 3. The van der Waals surface area contributed by atoms with E-state index in [9.17, 15) is 39.9 Å². The van der Waals surface area contributed by atoms with Gasteiger partial charge >= 0.3 is 11.8 Å². The predicted octanol–water partition coefficient (Wildman–Crippen LogP) is 7.66. The molecule has 1 amide bonds. The molecule has 0 fully saturated rings. The van der Waals surface area contributed by atoms with Gasteiger partial charge in [-0.25, -0.2) is 0 Å². The molecule has 3 aliphatic rings. The fourth-order valence-corrected chi connectivity index (χ4v) is 8.27. The van der Waals surface area contributed by atoms with Gasteiger partial charge in [0.15, 0.2) is 5.75 Å². The van der Waals surface area contributed by atoms with Gasteiger partial charge in [0.1, 0.15) is 23.4 Å². The molecule has 14 heteroatoms. The third-order valence-electron chi connectivity index (χ3n) is 12.1. The van der Waals surface area contributed by atoms with E-state index in [1.54, 1.807) is 45.9 Å². The largest absolute Gasteiger partial charge is 0.507 e. The summed E-state index contributed by atoms with van der Waals surface area (Å²) in [5, 5.41) is 62.6. The smallest absolute Gasteiger partial charge is 0.312 e. The number of nitrogens with one attached hydrogen (secondary N) is 1. The van der Waals surface area contributed by atoms with Crippen molar-refractivity contribution in [3.8, 4) is 23.0 Å². The molecule has 6 N–H and O–H groups in total. The summed E-state index contributed by atoms with van der Waals surface area (Å²) in [6, 6.07) is 13.1. The minimum atomic E-state index is -2.07. The molecule has 4 aromatic carbocycles. The van der Waals surface area contributed by atoms with Crippen LogP contribution >= 0.6 is 0 Å². The van der Waals surface area contributed by atoms with E-state index in [2.05, 4.69) is 10.3 Å². The highest BCUT2D eigenvalue weighted by molar-refractivity contribution is 6.24. The second-order valence-electron chi connectivity index (χ2n) is 16.4. The van der Waals surface area contributed by atoms with Crippen LogP contribution in [0, 0.1) is 30.6 Å². The van der Waals surface area contributed by atoms with Crippen LogP contribution in [-0.2, 0) is 23.8 Å². The third-order valence-corrected chi connectivity index (χ3v) is 12.1. The number of carbonyl (C=O) groups excluding carboxylic acids is 3. The molecule has 0 aromatic heterocycles. The Morgan fingerprint density at radius 3 is 2.26 bits per heavy atom. The van der Waals surface area contributed by atoms with E-state index in [-0.39, 0.29) is 44.5 Å². The Bertz CT molecular complexity index is 2540. The lowest BCUT2D eigenvalue weighted by Gasteiger charge is -2.38. The molecule has 9 unspecified atom stereocenters. The number of methoxy groups -OCH3 is 1. The Hall–Kier alpha value is -6.22. The fourth-order valence-electron chi connectivity index (χ4n) is 8.27. The molecule has 14 nitrogen and oxygen atoms in total. The molecule has 0 radical (unpaired) electrons. The number of aromatic hydroxyl groups is 3. The fraction of sp³-hybridized carbons (Fsp3) is 0.375. The van der Waals surface area contributed by atoms with Crippen LogP contribution in [-0.4, -0.2) is 86.7 Å². The van der Waals surface area contributed by atoms with Gasteiger partial charge in [0, 0.05) is 67.4 Å². The maximum absolute atomic E-state index is 14.5. The number of anilines is 1. The van der Waals surface area contributed by atoms with Crippen LogP contribution in [0.1, 0.15) is 70.0 Å². The molecular formula is C48H54N2O12. The summed E-state index contributed by atoms with van der Waals surface area (Å²) < 4.78 is 23.6. The quantitative estimate of drug-likeness (QED) is 0.0506. The Kier molecular flexibility index (Phi) is 13.2. The first-order valence-electron chi connectivity index (χ1n) is 20.4. The van der Waals surface area contributed by atoms with Crippen molar-refractivity contribution >= 4 is 56.8 Å². The van der Waals surface area contributed by atoms with E-state index >= 15 is 0 Å². The summed E-state index contributed by atoms with van der Waals surface area (Å²) in [7, 11) is 1.43. The number of amides is 1. The van der Waals surface area contributed by atoms with Crippen LogP contribution in [0.2, 0.25) is 0 Å². The number of carbonyl (C=O) groups is 3. The zero-order valence-corrected chi connectivity index (χ0v) is 36.2. The molecule has 5 bridgehead atoms. The molecule has 4 aromatic rings. The molecule has 0 saturated carbocycles. The van der Waals surface area contributed by atoms with E-state index in [1.807, 2.05) is 36.4 Å². The summed E-state index contributed by atoms with van der Waals surface area (Å²) in [5.41, 5.74) is -0.0152. The second-order valence-corrected chi connectivity index (χ2v) is 16.4. The van der Waals surface area contributed by atoms with E-state index in [1.165, 1.54) is 59.4 Å². The van der Waals surface area contributed by atoms with Crippen molar-refractivity contribution in [3.05, 3.63) is 95.3 Å². The molecule has 9 atom stereocenters.